The maximum absolute atomic E-state index is 12.2. The van der Waals surface area contributed by atoms with E-state index in [1.165, 1.54) is 12.8 Å². The Labute approximate surface area is 108 Å². The standard InChI is InChI=1S/C14H18ClNO/c1-11(10-16-8-4-5-9-16)14(17)12-6-2-3-7-13(12)15/h2-3,6-7,11H,4-5,8-10H2,1H3. The van der Waals surface area contributed by atoms with Crippen molar-refractivity contribution in [3.63, 3.8) is 0 Å². The van der Waals surface area contributed by atoms with Crippen molar-refractivity contribution in [1.82, 2.24) is 4.90 Å². The van der Waals surface area contributed by atoms with Gasteiger partial charge in [-0.05, 0) is 38.1 Å². The molecule has 1 aliphatic heterocycles. The Morgan fingerprint density at radius 3 is 2.65 bits per heavy atom. The Bertz CT molecular complexity index is 399. The SMILES string of the molecule is CC(CN1CCCC1)C(=O)c1ccccc1Cl. The van der Waals surface area contributed by atoms with E-state index in [1.807, 2.05) is 25.1 Å². The van der Waals surface area contributed by atoms with E-state index < -0.39 is 0 Å². The van der Waals surface area contributed by atoms with Crippen LogP contribution in [0.2, 0.25) is 5.02 Å². The maximum atomic E-state index is 12.2. The minimum absolute atomic E-state index is 0.0213. The molecule has 0 aliphatic carbocycles. The zero-order chi connectivity index (χ0) is 12.3. The van der Waals surface area contributed by atoms with Gasteiger partial charge in [0, 0.05) is 18.0 Å². The molecule has 1 aromatic rings. The number of likely N-dealkylation sites (tertiary alicyclic amines) is 1. The Hall–Kier alpha value is -0.860. The van der Waals surface area contributed by atoms with Gasteiger partial charge >= 0.3 is 0 Å². The zero-order valence-electron chi connectivity index (χ0n) is 10.2. The number of halogens is 1. The fourth-order valence-corrected chi connectivity index (χ4v) is 2.59. The van der Waals surface area contributed by atoms with Crippen LogP contribution in [0.5, 0.6) is 0 Å². The summed E-state index contributed by atoms with van der Waals surface area (Å²) in [6, 6.07) is 7.30. The lowest BCUT2D eigenvalue weighted by Gasteiger charge is -2.19. The van der Waals surface area contributed by atoms with E-state index in [4.69, 9.17) is 11.6 Å². The first-order valence-corrected chi connectivity index (χ1v) is 6.57. The van der Waals surface area contributed by atoms with E-state index in [9.17, 15) is 4.79 Å². The van der Waals surface area contributed by atoms with Gasteiger partial charge in [0.15, 0.2) is 5.78 Å². The molecule has 1 fully saturated rings. The smallest absolute Gasteiger partial charge is 0.168 e. The molecule has 0 aromatic heterocycles. The van der Waals surface area contributed by atoms with Crippen LogP contribution in [0.1, 0.15) is 30.1 Å². The van der Waals surface area contributed by atoms with E-state index in [1.54, 1.807) is 6.07 Å². The molecule has 1 atom stereocenters. The first kappa shape index (κ1) is 12.6. The molecule has 92 valence electrons. The Balaban J connectivity index is 2.01. The third kappa shape index (κ3) is 3.08. The van der Waals surface area contributed by atoms with Crippen molar-refractivity contribution in [3.8, 4) is 0 Å². The summed E-state index contributed by atoms with van der Waals surface area (Å²) in [5, 5.41) is 0.561. The lowest BCUT2D eigenvalue weighted by atomic mass is 9.99. The molecular formula is C14H18ClNO. The molecule has 0 amide bonds. The van der Waals surface area contributed by atoms with E-state index in [0.29, 0.717) is 10.6 Å². The van der Waals surface area contributed by atoms with Crippen LogP contribution in [0.15, 0.2) is 24.3 Å². The van der Waals surface area contributed by atoms with Crippen LogP contribution < -0.4 is 0 Å². The summed E-state index contributed by atoms with van der Waals surface area (Å²) in [7, 11) is 0. The number of nitrogens with zero attached hydrogens (tertiary/aromatic N) is 1. The number of carbonyl (C=O) groups is 1. The van der Waals surface area contributed by atoms with Gasteiger partial charge in [-0.25, -0.2) is 0 Å². The van der Waals surface area contributed by atoms with E-state index in [-0.39, 0.29) is 11.7 Å². The molecule has 0 saturated carbocycles. The summed E-state index contributed by atoms with van der Waals surface area (Å²) >= 11 is 6.05. The number of carbonyl (C=O) groups excluding carboxylic acids is 1. The normalized spacial score (nSPS) is 18.2. The second-order valence-corrected chi connectivity index (χ2v) is 5.16. The topological polar surface area (TPSA) is 20.3 Å². The fraction of sp³-hybridized carbons (Fsp3) is 0.500. The van der Waals surface area contributed by atoms with Crippen molar-refractivity contribution in [2.24, 2.45) is 5.92 Å². The van der Waals surface area contributed by atoms with Crippen LogP contribution in [0, 0.1) is 5.92 Å². The molecular weight excluding hydrogens is 234 g/mol. The van der Waals surface area contributed by atoms with Gasteiger partial charge in [0.05, 0.1) is 5.02 Å². The second-order valence-electron chi connectivity index (χ2n) is 4.75. The van der Waals surface area contributed by atoms with Gasteiger partial charge in [-0.1, -0.05) is 30.7 Å². The highest BCUT2D eigenvalue weighted by molar-refractivity contribution is 6.34. The van der Waals surface area contributed by atoms with Crippen molar-refractivity contribution in [2.45, 2.75) is 19.8 Å². The van der Waals surface area contributed by atoms with Crippen LogP contribution in [0.25, 0.3) is 0 Å². The molecule has 1 heterocycles. The average Bonchev–Trinajstić information content (AvgIpc) is 2.81. The van der Waals surface area contributed by atoms with Crippen molar-refractivity contribution in [1.29, 1.82) is 0 Å². The first-order valence-electron chi connectivity index (χ1n) is 6.19. The third-order valence-corrected chi connectivity index (χ3v) is 3.65. The average molecular weight is 252 g/mol. The Morgan fingerprint density at radius 2 is 2.00 bits per heavy atom. The molecule has 17 heavy (non-hydrogen) atoms. The largest absolute Gasteiger partial charge is 0.303 e. The lowest BCUT2D eigenvalue weighted by molar-refractivity contribution is 0.0903. The Kier molecular flexibility index (Phi) is 4.19. The quantitative estimate of drug-likeness (QED) is 0.766. The number of rotatable bonds is 4. The summed E-state index contributed by atoms with van der Waals surface area (Å²) in [5.74, 6) is 0.176. The molecule has 2 rings (SSSR count). The fourth-order valence-electron chi connectivity index (χ4n) is 2.36. The first-order chi connectivity index (χ1) is 8.18. The number of Topliss-reactive ketones (excluding diaryl/α,β-unsaturated/α-hetero) is 1. The molecule has 0 N–H and O–H groups in total. The van der Waals surface area contributed by atoms with Crippen LogP contribution in [-0.4, -0.2) is 30.3 Å². The van der Waals surface area contributed by atoms with E-state index in [2.05, 4.69) is 4.90 Å². The highest BCUT2D eigenvalue weighted by Gasteiger charge is 2.21. The third-order valence-electron chi connectivity index (χ3n) is 3.32. The van der Waals surface area contributed by atoms with Crippen molar-refractivity contribution >= 4 is 17.4 Å². The van der Waals surface area contributed by atoms with Crippen LogP contribution in [0.3, 0.4) is 0 Å². The monoisotopic (exact) mass is 251 g/mol. The zero-order valence-corrected chi connectivity index (χ0v) is 10.9. The molecule has 2 nitrogen and oxygen atoms in total. The summed E-state index contributed by atoms with van der Waals surface area (Å²) in [6.45, 7) is 5.09. The molecule has 0 bridgehead atoms. The minimum Gasteiger partial charge on any atom is -0.303 e. The molecule has 1 unspecified atom stereocenters. The minimum atomic E-state index is 0.0213. The molecule has 0 radical (unpaired) electrons. The number of ketones is 1. The highest BCUT2D eigenvalue weighted by Crippen LogP contribution is 2.20. The number of benzene rings is 1. The predicted molar refractivity (Wildman–Crippen MR) is 70.6 cm³/mol. The van der Waals surface area contributed by atoms with Crippen molar-refractivity contribution in [3.05, 3.63) is 34.9 Å². The molecule has 1 saturated heterocycles. The van der Waals surface area contributed by atoms with Gasteiger partial charge in [0.2, 0.25) is 0 Å². The Morgan fingerprint density at radius 1 is 1.35 bits per heavy atom. The summed E-state index contributed by atoms with van der Waals surface area (Å²) in [4.78, 5) is 14.6. The number of hydrogen-bond acceptors (Lipinski definition) is 2. The lowest BCUT2D eigenvalue weighted by Crippen LogP contribution is -2.29. The summed E-state index contributed by atoms with van der Waals surface area (Å²) in [5.41, 5.74) is 0.654. The van der Waals surface area contributed by atoms with Crippen LogP contribution in [0.4, 0.5) is 0 Å². The molecule has 1 aromatic carbocycles. The van der Waals surface area contributed by atoms with Gasteiger partial charge in [-0.2, -0.15) is 0 Å². The highest BCUT2D eigenvalue weighted by atomic mass is 35.5. The van der Waals surface area contributed by atoms with Gasteiger partial charge in [0.25, 0.3) is 0 Å². The predicted octanol–water partition coefficient (Wildman–Crippen LogP) is 3.25. The molecule has 0 spiro atoms. The van der Waals surface area contributed by atoms with E-state index in [0.717, 1.165) is 19.6 Å². The van der Waals surface area contributed by atoms with E-state index >= 15 is 0 Å². The second kappa shape index (κ2) is 5.65. The van der Waals surface area contributed by atoms with Gasteiger partial charge in [-0.15, -0.1) is 0 Å². The summed E-state index contributed by atoms with van der Waals surface area (Å²) < 4.78 is 0. The maximum Gasteiger partial charge on any atom is 0.168 e. The van der Waals surface area contributed by atoms with Gasteiger partial charge < -0.3 is 4.90 Å². The van der Waals surface area contributed by atoms with Crippen molar-refractivity contribution in [2.75, 3.05) is 19.6 Å². The van der Waals surface area contributed by atoms with Gasteiger partial charge in [0.1, 0.15) is 0 Å². The van der Waals surface area contributed by atoms with Crippen LogP contribution in [-0.2, 0) is 0 Å². The number of hydrogen-bond donors (Lipinski definition) is 0. The van der Waals surface area contributed by atoms with Crippen molar-refractivity contribution < 1.29 is 4.79 Å². The van der Waals surface area contributed by atoms with Gasteiger partial charge in [-0.3, -0.25) is 4.79 Å². The molecule has 1 aliphatic rings. The summed E-state index contributed by atoms with van der Waals surface area (Å²) in [6.07, 6.45) is 2.51. The van der Waals surface area contributed by atoms with Crippen LogP contribution >= 0.6 is 11.6 Å². The molecule has 3 heteroatoms.